The number of rotatable bonds is 4. The highest BCUT2D eigenvalue weighted by Crippen LogP contribution is 2.32. The summed E-state index contributed by atoms with van der Waals surface area (Å²) in [5.41, 5.74) is 5.58. The lowest BCUT2D eigenvalue weighted by Crippen LogP contribution is -2.45. The van der Waals surface area contributed by atoms with Gasteiger partial charge in [-0.05, 0) is 19.3 Å². The molecule has 3 N–H and O–H groups in total. The molecular weight excluding hydrogens is 178 g/mol. The van der Waals surface area contributed by atoms with Crippen molar-refractivity contribution >= 4 is 0 Å². The van der Waals surface area contributed by atoms with Gasteiger partial charge < -0.3 is 15.6 Å². The summed E-state index contributed by atoms with van der Waals surface area (Å²) in [4.78, 5) is 0. The fraction of sp³-hybridized carbons (Fsp3) is 1.00. The number of aliphatic hydroxyl groups excluding tert-OH is 1. The Morgan fingerprint density at radius 1 is 1.64 bits per heavy atom. The summed E-state index contributed by atoms with van der Waals surface area (Å²) in [6.45, 7) is 6.22. The van der Waals surface area contributed by atoms with Gasteiger partial charge in [0.1, 0.15) is 0 Å². The number of nitrogens with two attached hydrogens (primary N) is 1. The van der Waals surface area contributed by atoms with Gasteiger partial charge in [-0.2, -0.15) is 0 Å². The largest absolute Gasteiger partial charge is 0.392 e. The molecule has 0 bridgehead atoms. The molecular formula is C11H23NO2. The predicted molar refractivity (Wildman–Crippen MR) is 57.0 cm³/mol. The van der Waals surface area contributed by atoms with E-state index in [1.165, 1.54) is 0 Å². The Kier molecular flexibility index (Phi) is 4.35. The second-order valence-corrected chi connectivity index (χ2v) is 4.63. The number of aliphatic hydroxyl groups is 1. The molecule has 1 heterocycles. The highest BCUT2D eigenvalue weighted by molar-refractivity contribution is 4.87. The highest BCUT2D eigenvalue weighted by Gasteiger charge is 2.36. The van der Waals surface area contributed by atoms with Gasteiger partial charge in [0, 0.05) is 24.5 Å². The molecule has 1 aliphatic rings. The minimum absolute atomic E-state index is 0.147. The van der Waals surface area contributed by atoms with Crippen LogP contribution in [0, 0.1) is 11.3 Å². The predicted octanol–water partition coefficient (Wildman–Crippen LogP) is 1.15. The van der Waals surface area contributed by atoms with Crippen molar-refractivity contribution in [3.63, 3.8) is 0 Å². The Bertz CT molecular complexity index is 163. The van der Waals surface area contributed by atoms with Crippen LogP contribution in [0.4, 0.5) is 0 Å². The van der Waals surface area contributed by atoms with Crippen LogP contribution in [0.3, 0.4) is 0 Å². The van der Waals surface area contributed by atoms with Crippen LogP contribution in [0.2, 0.25) is 0 Å². The van der Waals surface area contributed by atoms with E-state index in [1.807, 2.05) is 0 Å². The molecule has 1 aliphatic heterocycles. The molecule has 3 unspecified atom stereocenters. The van der Waals surface area contributed by atoms with Gasteiger partial charge in [0.15, 0.2) is 0 Å². The van der Waals surface area contributed by atoms with Crippen LogP contribution in [0.1, 0.15) is 33.1 Å². The maximum Gasteiger partial charge on any atom is 0.0655 e. The molecule has 0 saturated carbocycles. The summed E-state index contributed by atoms with van der Waals surface area (Å²) < 4.78 is 5.39. The van der Waals surface area contributed by atoms with Crippen molar-refractivity contribution in [2.75, 3.05) is 19.8 Å². The zero-order valence-corrected chi connectivity index (χ0v) is 9.33. The Labute approximate surface area is 86.6 Å². The van der Waals surface area contributed by atoms with E-state index in [9.17, 15) is 5.11 Å². The van der Waals surface area contributed by atoms with Crippen molar-refractivity contribution in [3.8, 4) is 0 Å². The van der Waals surface area contributed by atoms with Gasteiger partial charge in [-0.15, -0.1) is 0 Å². The molecule has 0 radical (unpaired) electrons. The number of ether oxygens (including phenoxy) is 1. The van der Waals surface area contributed by atoms with E-state index < -0.39 is 0 Å². The van der Waals surface area contributed by atoms with Crippen LogP contribution >= 0.6 is 0 Å². The minimum atomic E-state index is -0.321. The molecule has 0 aromatic carbocycles. The molecule has 0 spiro atoms. The fourth-order valence-corrected chi connectivity index (χ4v) is 2.06. The van der Waals surface area contributed by atoms with Crippen molar-refractivity contribution in [2.45, 2.75) is 39.2 Å². The first-order chi connectivity index (χ1) is 6.64. The van der Waals surface area contributed by atoms with Crippen molar-refractivity contribution in [1.29, 1.82) is 0 Å². The molecule has 3 atom stereocenters. The Hall–Kier alpha value is -0.120. The topological polar surface area (TPSA) is 55.5 Å². The van der Waals surface area contributed by atoms with Crippen LogP contribution in [-0.2, 0) is 4.74 Å². The van der Waals surface area contributed by atoms with Crippen molar-refractivity contribution in [1.82, 2.24) is 0 Å². The molecule has 3 heteroatoms. The average Bonchev–Trinajstić information content (AvgIpc) is 2.28. The van der Waals surface area contributed by atoms with Crippen LogP contribution in [0.5, 0.6) is 0 Å². The zero-order valence-electron chi connectivity index (χ0n) is 9.33. The van der Waals surface area contributed by atoms with Gasteiger partial charge in [0.2, 0.25) is 0 Å². The van der Waals surface area contributed by atoms with Gasteiger partial charge in [0.25, 0.3) is 0 Å². The van der Waals surface area contributed by atoms with E-state index in [0.29, 0.717) is 13.2 Å². The minimum Gasteiger partial charge on any atom is -0.392 e. The molecule has 0 amide bonds. The third-order valence-electron chi connectivity index (χ3n) is 3.63. The van der Waals surface area contributed by atoms with Gasteiger partial charge in [-0.25, -0.2) is 0 Å². The molecule has 84 valence electrons. The Morgan fingerprint density at radius 3 is 2.79 bits per heavy atom. The van der Waals surface area contributed by atoms with E-state index in [0.717, 1.165) is 25.9 Å². The SMILES string of the molecule is CCC(C)(CN)C(O)C1CCCOC1. The first-order valence-electron chi connectivity index (χ1n) is 5.60. The van der Waals surface area contributed by atoms with E-state index in [4.69, 9.17) is 10.5 Å². The van der Waals surface area contributed by atoms with Gasteiger partial charge >= 0.3 is 0 Å². The first kappa shape index (κ1) is 12.0. The third-order valence-corrected chi connectivity index (χ3v) is 3.63. The van der Waals surface area contributed by atoms with Crippen molar-refractivity contribution < 1.29 is 9.84 Å². The van der Waals surface area contributed by atoms with Crippen LogP contribution < -0.4 is 5.73 Å². The zero-order chi connectivity index (χ0) is 10.6. The van der Waals surface area contributed by atoms with E-state index >= 15 is 0 Å². The maximum atomic E-state index is 10.2. The number of hydrogen-bond donors (Lipinski definition) is 2. The monoisotopic (exact) mass is 201 g/mol. The molecule has 0 aliphatic carbocycles. The van der Waals surface area contributed by atoms with Gasteiger partial charge in [0.05, 0.1) is 12.7 Å². The normalized spacial score (nSPS) is 29.6. The van der Waals surface area contributed by atoms with E-state index in [2.05, 4.69) is 13.8 Å². The fourth-order valence-electron chi connectivity index (χ4n) is 2.06. The van der Waals surface area contributed by atoms with Crippen LogP contribution in [0.25, 0.3) is 0 Å². The highest BCUT2D eigenvalue weighted by atomic mass is 16.5. The summed E-state index contributed by atoms with van der Waals surface area (Å²) >= 11 is 0. The van der Waals surface area contributed by atoms with Crippen LogP contribution in [0.15, 0.2) is 0 Å². The third kappa shape index (κ3) is 2.47. The smallest absolute Gasteiger partial charge is 0.0655 e. The van der Waals surface area contributed by atoms with Gasteiger partial charge in [-0.1, -0.05) is 13.8 Å². The molecule has 0 aromatic rings. The lowest BCUT2D eigenvalue weighted by Gasteiger charge is -2.38. The molecule has 1 rings (SSSR count). The summed E-state index contributed by atoms with van der Waals surface area (Å²) in [6, 6.07) is 0. The second-order valence-electron chi connectivity index (χ2n) is 4.63. The van der Waals surface area contributed by atoms with Crippen molar-refractivity contribution in [3.05, 3.63) is 0 Å². The lowest BCUT2D eigenvalue weighted by atomic mass is 9.74. The van der Waals surface area contributed by atoms with Crippen LogP contribution in [-0.4, -0.2) is 31.0 Å². The van der Waals surface area contributed by atoms with Crippen molar-refractivity contribution in [2.24, 2.45) is 17.1 Å². The molecule has 1 saturated heterocycles. The Balaban J connectivity index is 2.56. The van der Waals surface area contributed by atoms with E-state index in [1.54, 1.807) is 0 Å². The average molecular weight is 201 g/mol. The quantitative estimate of drug-likeness (QED) is 0.717. The molecule has 14 heavy (non-hydrogen) atoms. The summed E-state index contributed by atoms with van der Waals surface area (Å²) in [5.74, 6) is 0.275. The summed E-state index contributed by atoms with van der Waals surface area (Å²) in [5, 5.41) is 10.2. The molecule has 3 nitrogen and oxygen atoms in total. The van der Waals surface area contributed by atoms with E-state index in [-0.39, 0.29) is 17.4 Å². The standard InChI is InChI=1S/C11H23NO2/c1-3-11(2,8-12)10(13)9-5-4-6-14-7-9/h9-10,13H,3-8,12H2,1-2H3. The summed E-state index contributed by atoms with van der Waals surface area (Å²) in [6.07, 6.45) is 2.72. The first-order valence-corrected chi connectivity index (χ1v) is 5.60. The Morgan fingerprint density at radius 2 is 2.36 bits per heavy atom. The molecule has 1 fully saturated rings. The number of hydrogen-bond acceptors (Lipinski definition) is 3. The van der Waals surface area contributed by atoms with Gasteiger partial charge in [-0.3, -0.25) is 0 Å². The molecule has 0 aromatic heterocycles. The maximum absolute atomic E-state index is 10.2. The second kappa shape index (κ2) is 5.10. The lowest BCUT2D eigenvalue weighted by molar-refractivity contribution is -0.0631. The summed E-state index contributed by atoms with van der Waals surface area (Å²) in [7, 11) is 0.